The van der Waals surface area contributed by atoms with E-state index in [1.807, 2.05) is 6.07 Å². The van der Waals surface area contributed by atoms with Crippen LogP contribution < -0.4 is 16.0 Å². The van der Waals surface area contributed by atoms with Crippen LogP contribution in [-0.4, -0.2) is 73.4 Å². The second-order valence-electron chi connectivity index (χ2n) is 9.03. The second-order valence-corrected chi connectivity index (χ2v) is 9.03. The standard InChI is InChI=1S/C23H27N11O/c1-33-6-8-34(9-7-33)22-20(19-11-17(30-31-19)14-2-3-14)21(24)28-23(29-22)26-12-15-10-18(32-35-15)16-4-5-25-13-27-16/h4-5,10-11,13-14H,2-3,6-9,12H2,1H3,(H,30,31)(H3,24,26,28,29). The van der Waals surface area contributed by atoms with Gasteiger partial charge in [0, 0.05) is 50.1 Å². The van der Waals surface area contributed by atoms with Gasteiger partial charge in [-0.15, -0.1) is 0 Å². The summed E-state index contributed by atoms with van der Waals surface area (Å²) in [6.07, 6.45) is 5.54. The highest BCUT2D eigenvalue weighted by Gasteiger charge is 2.28. The maximum absolute atomic E-state index is 6.51. The molecule has 0 aromatic carbocycles. The van der Waals surface area contributed by atoms with Gasteiger partial charge in [-0.05, 0) is 32.0 Å². The van der Waals surface area contributed by atoms with E-state index >= 15 is 0 Å². The Morgan fingerprint density at radius 1 is 1.11 bits per heavy atom. The van der Waals surface area contributed by atoms with Crippen LogP contribution >= 0.6 is 0 Å². The Balaban J connectivity index is 1.27. The van der Waals surface area contributed by atoms with Crippen LogP contribution in [0.3, 0.4) is 0 Å². The van der Waals surface area contributed by atoms with Gasteiger partial charge in [0.1, 0.15) is 23.7 Å². The van der Waals surface area contributed by atoms with E-state index < -0.39 is 0 Å². The molecule has 0 amide bonds. The van der Waals surface area contributed by atoms with Crippen LogP contribution in [0.5, 0.6) is 0 Å². The van der Waals surface area contributed by atoms with Gasteiger partial charge in [0.05, 0.1) is 23.5 Å². The van der Waals surface area contributed by atoms with Crippen molar-refractivity contribution >= 4 is 17.6 Å². The van der Waals surface area contributed by atoms with Gasteiger partial charge < -0.3 is 25.4 Å². The fraction of sp³-hybridized carbons (Fsp3) is 0.391. The van der Waals surface area contributed by atoms with Gasteiger partial charge in [-0.2, -0.15) is 15.1 Å². The molecule has 12 nitrogen and oxygen atoms in total. The molecule has 0 spiro atoms. The van der Waals surface area contributed by atoms with Gasteiger partial charge in [-0.3, -0.25) is 5.10 Å². The Hall–Kier alpha value is -4.06. The van der Waals surface area contributed by atoms with Gasteiger partial charge in [-0.1, -0.05) is 5.16 Å². The number of nitrogens with one attached hydrogen (secondary N) is 2. The van der Waals surface area contributed by atoms with Crippen LogP contribution in [0.1, 0.15) is 30.2 Å². The molecular formula is C23H27N11O. The first-order chi connectivity index (χ1) is 17.1. The number of aromatic nitrogens is 7. The van der Waals surface area contributed by atoms with Crippen LogP contribution in [0.15, 0.2) is 35.2 Å². The Kier molecular flexibility index (Phi) is 5.49. The molecule has 1 saturated carbocycles. The van der Waals surface area contributed by atoms with E-state index in [2.05, 4.69) is 58.5 Å². The van der Waals surface area contributed by atoms with Crippen molar-refractivity contribution < 1.29 is 4.52 Å². The maximum atomic E-state index is 6.51. The molecule has 2 fully saturated rings. The molecule has 35 heavy (non-hydrogen) atoms. The molecule has 4 aromatic rings. The van der Waals surface area contributed by atoms with E-state index in [0.717, 1.165) is 48.9 Å². The number of hydrogen-bond donors (Lipinski definition) is 3. The number of nitrogens with two attached hydrogens (primary N) is 1. The fourth-order valence-corrected chi connectivity index (χ4v) is 4.23. The third kappa shape index (κ3) is 4.52. The second kappa shape index (κ2) is 8.95. The number of aromatic amines is 1. The first kappa shape index (κ1) is 21.5. The molecule has 12 heteroatoms. The Morgan fingerprint density at radius 2 is 1.97 bits per heavy atom. The average Bonchev–Trinajstić information content (AvgIpc) is 3.42. The van der Waals surface area contributed by atoms with Crippen molar-refractivity contribution in [2.45, 2.75) is 25.3 Å². The fourth-order valence-electron chi connectivity index (χ4n) is 4.23. The van der Waals surface area contributed by atoms with Crippen molar-refractivity contribution in [3.63, 3.8) is 0 Å². The van der Waals surface area contributed by atoms with E-state index in [0.29, 0.717) is 41.4 Å². The molecule has 1 saturated heterocycles. The minimum Gasteiger partial charge on any atom is -0.383 e. The average molecular weight is 474 g/mol. The molecule has 1 aliphatic carbocycles. The summed E-state index contributed by atoms with van der Waals surface area (Å²) in [7, 11) is 2.13. The molecule has 180 valence electrons. The van der Waals surface area contributed by atoms with Crippen molar-refractivity contribution in [3.8, 4) is 22.6 Å². The van der Waals surface area contributed by atoms with Crippen molar-refractivity contribution in [3.05, 3.63) is 42.2 Å². The normalized spacial score (nSPS) is 16.5. The monoisotopic (exact) mass is 473 g/mol. The molecule has 1 aliphatic heterocycles. The van der Waals surface area contributed by atoms with Crippen LogP contribution in [-0.2, 0) is 6.54 Å². The lowest BCUT2D eigenvalue weighted by Crippen LogP contribution is -2.45. The van der Waals surface area contributed by atoms with Gasteiger partial charge in [0.2, 0.25) is 5.95 Å². The minimum atomic E-state index is 0.354. The number of rotatable bonds is 7. The summed E-state index contributed by atoms with van der Waals surface area (Å²) in [5.41, 5.74) is 10.6. The minimum absolute atomic E-state index is 0.354. The number of anilines is 3. The third-order valence-corrected chi connectivity index (χ3v) is 6.42. The summed E-state index contributed by atoms with van der Waals surface area (Å²) < 4.78 is 5.46. The summed E-state index contributed by atoms with van der Waals surface area (Å²) >= 11 is 0. The molecule has 0 unspecified atom stereocenters. The van der Waals surface area contributed by atoms with E-state index in [-0.39, 0.29) is 0 Å². The lowest BCUT2D eigenvalue weighted by molar-refractivity contribution is 0.312. The Bertz CT molecular complexity index is 1310. The van der Waals surface area contributed by atoms with E-state index in [4.69, 9.17) is 15.2 Å². The first-order valence-corrected chi connectivity index (χ1v) is 11.8. The zero-order chi connectivity index (χ0) is 23.8. The number of nitrogen functional groups attached to an aromatic ring is 1. The number of hydrogen-bond acceptors (Lipinski definition) is 11. The van der Waals surface area contributed by atoms with E-state index in [9.17, 15) is 0 Å². The van der Waals surface area contributed by atoms with Gasteiger partial charge in [-0.25, -0.2) is 9.97 Å². The number of nitrogens with zero attached hydrogens (tertiary/aromatic N) is 8. The van der Waals surface area contributed by atoms with Crippen LogP contribution in [0.2, 0.25) is 0 Å². The van der Waals surface area contributed by atoms with Crippen molar-refractivity contribution in [2.75, 3.05) is 49.2 Å². The molecule has 0 radical (unpaired) electrons. The van der Waals surface area contributed by atoms with E-state index in [1.165, 1.54) is 19.2 Å². The summed E-state index contributed by atoms with van der Waals surface area (Å²) in [6.45, 7) is 3.95. The Morgan fingerprint density at radius 3 is 2.74 bits per heavy atom. The number of H-pyrrole nitrogens is 1. The van der Waals surface area contributed by atoms with Crippen molar-refractivity contribution in [1.29, 1.82) is 0 Å². The molecule has 0 bridgehead atoms. The van der Waals surface area contributed by atoms with Gasteiger partial charge >= 0.3 is 0 Å². The third-order valence-electron chi connectivity index (χ3n) is 6.42. The maximum Gasteiger partial charge on any atom is 0.227 e. The molecular weight excluding hydrogens is 446 g/mol. The SMILES string of the molecule is CN1CCN(c2nc(NCc3cc(-c4ccncn4)no3)nc(N)c2-c2cc(C3CC3)[nH]n2)CC1. The molecule has 4 N–H and O–H groups in total. The van der Waals surface area contributed by atoms with Crippen molar-refractivity contribution in [2.24, 2.45) is 0 Å². The summed E-state index contributed by atoms with van der Waals surface area (Å²) in [6, 6.07) is 5.70. The van der Waals surface area contributed by atoms with Gasteiger partial charge in [0.25, 0.3) is 0 Å². The number of likely N-dealkylation sites (N-methyl/N-ethyl adjacent to an activating group) is 1. The molecule has 4 aromatic heterocycles. The predicted molar refractivity (Wildman–Crippen MR) is 131 cm³/mol. The highest BCUT2D eigenvalue weighted by Crippen LogP contribution is 2.41. The topological polar surface area (TPSA) is 151 Å². The zero-order valence-corrected chi connectivity index (χ0v) is 19.5. The highest BCUT2D eigenvalue weighted by molar-refractivity contribution is 5.83. The highest BCUT2D eigenvalue weighted by atomic mass is 16.5. The summed E-state index contributed by atoms with van der Waals surface area (Å²) in [5, 5.41) is 15.1. The lowest BCUT2D eigenvalue weighted by atomic mass is 10.1. The van der Waals surface area contributed by atoms with Crippen LogP contribution in [0, 0.1) is 0 Å². The largest absolute Gasteiger partial charge is 0.383 e. The predicted octanol–water partition coefficient (Wildman–Crippen LogP) is 2.14. The first-order valence-electron chi connectivity index (χ1n) is 11.8. The Labute approximate surface area is 202 Å². The summed E-state index contributed by atoms with van der Waals surface area (Å²) in [4.78, 5) is 22.1. The van der Waals surface area contributed by atoms with Crippen molar-refractivity contribution in [1.82, 2.24) is 40.2 Å². The smallest absolute Gasteiger partial charge is 0.227 e. The number of piperazine rings is 1. The van der Waals surface area contributed by atoms with Gasteiger partial charge in [0.15, 0.2) is 5.76 Å². The molecule has 0 atom stereocenters. The lowest BCUT2D eigenvalue weighted by Gasteiger charge is -2.34. The molecule has 6 rings (SSSR count). The summed E-state index contributed by atoms with van der Waals surface area (Å²) in [5.74, 6) is 2.82. The van der Waals surface area contributed by atoms with Crippen LogP contribution in [0.25, 0.3) is 22.6 Å². The zero-order valence-electron chi connectivity index (χ0n) is 19.5. The quantitative estimate of drug-likeness (QED) is 0.362. The van der Waals surface area contributed by atoms with E-state index in [1.54, 1.807) is 12.3 Å². The molecule has 5 heterocycles. The van der Waals surface area contributed by atoms with Crippen LogP contribution in [0.4, 0.5) is 17.6 Å². The molecule has 2 aliphatic rings.